The topological polar surface area (TPSA) is 116 Å². The molecule has 4 rings (SSSR count). The van der Waals surface area contributed by atoms with Gasteiger partial charge in [-0.2, -0.15) is 0 Å². The maximum absolute atomic E-state index is 12.8. The van der Waals surface area contributed by atoms with Gasteiger partial charge < -0.3 is 19.1 Å². The first-order valence-corrected chi connectivity index (χ1v) is 17.3. The Morgan fingerprint density at radius 1 is 0.787 bits per heavy atom. The van der Waals surface area contributed by atoms with Crippen LogP contribution in [0.15, 0.2) is 89.9 Å². The van der Waals surface area contributed by atoms with Crippen molar-refractivity contribution in [1.29, 1.82) is 0 Å². The number of ether oxygens (including phenoxy) is 3. The Morgan fingerprint density at radius 3 is 1.83 bits per heavy atom. The Labute approximate surface area is 277 Å². The summed E-state index contributed by atoms with van der Waals surface area (Å²) in [4.78, 5) is 38.1. The highest BCUT2D eigenvalue weighted by atomic mass is 32.2. The van der Waals surface area contributed by atoms with Crippen LogP contribution in [0.25, 0.3) is 0 Å². The van der Waals surface area contributed by atoms with Gasteiger partial charge >= 0.3 is 17.9 Å². The van der Waals surface area contributed by atoms with Crippen molar-refractivity contribution < 1.29 is 37.0 Å². The van der Waals surface area contributed by atoms with Crippen LogP contribution in [-0.2, 0) is 38.4 Å². The second-order valence-corrected chi connectivity index (χ2v) is 14.0. The molecule has 10 heteroatoms. The second kappa shape index (κ2) is 16.3. The number of rotatable bonds is 15. The van der Waals surface area contributed by atoms with Gasteiger partial charge in [0.2, 0.25) is 0 Å². The molecule has 2 aromatic rings. The van der Waals surface area contributed by atoms with Crippen molar-refractivity contribution in [2.45, 2.75) is 38.0 Å². The van der Waals surface area contributed by atoms with Crippen molar-refractivity contribution in [3.8, 4) is 11.8 Å². The number of anilines is 1. The number of nitrogens with zero attached hydrogens (tertiary/aromatic N) is 1. The predicted octanol–water partition coefficient (Wildman–Crippen LogP) is 5.05. The fraction of sp³-hybridized carbons (Fsp3) is 0.378. The number of esters is 3. The van der Waals surface area contributed by atoms with Crippen molar-refractivity contribution in [2.75, 3.05) is 43.6 Å². The third kappa shape index (κ3) is 10.2. The summed E-state index contributed by atoms with van der Waals surface area (Å²) < 4.78 is 41.5. The first-order chi connectivity index (χ1) is 22.4. The van der Waals surface area contributed by atoms with Gasteiger partial charge in [0.05, 0.1) is 36.3 Å². The van der Waals surface area contributed by atoms with E-state index in [9.17, 15) is 22.8 Å². The first kappa shape index (κ1) is 35.2. The van der Waals surface area contributed by atoms with Crippen LogP contribution in [0.3, 0.4) is 0 Å². The molecule has 2 aliphatic carbocycles. The van der Waals surface area contributed by atoms with E-state index in [0.29, 0.717) is 35.7 Å². The number of carbonyl (C=O) groups excluding carboxylic acids is 3. The first-order valence-electron chi connectivity index (χ1n) is 15.6. The summed E-state index contributed by atoms with van der Waals surface area (Å²) in [6.07, 6.45) is 6.32. The normalized spacial score (nSPS) is 17.7. The third-order valence-electron chi connectivity index (χ3n) is 8.07. The molecule has 9 nitrogen and oxygen atoms in total. The Bertz CT molecular complexity index is 1650. The number of benzene rings is 2. The molecule has 1 unspecified atom stereocenters. The molecular weight excluding hydrogens is 618 g/mol. The molecule has 1 saturated carbocycles. The van der Waals surface area contributed by atoms with Crippen molar-refractivity contribution in [3.63, 3.8) is 0 Å². The van der Waals surface area contributed by atoms with Crippen molar-refractivity contribution in [2.24, 2.45) is 17.8 Å². The zero-order valence-corrected chi connectivity index (χ0v) is 27.7. The van der Waals surface area contributed by atoms with E-state index in [1.807, 2.05) is 29.2 Å². The van der Waals surface area contributed by atoms with Gasteiger partial charge in [0.15, 0.2) is 9.84 Å². The Kier molecular flexibility index (Phi) is 12.2. The molecule has 0 amide bonds. The van der Waals surface area contributed by atoms with E-state index in [2.05, 4.69) is 37.2 Å². The molecule has 0 aliphatic heterocycles. The lowest BCUT2D eigenvalue weighted by atomic mass is 9.94. The van der Waals surface area contributed by atoms with Crippen LogP contribution in [0.5, 0.6) is 0 Å². The van der Waals surface area contributed by atoms with Crippen LogP contribution in [-0.4, -0.2) is 65.0 Å². The predicted molar refractivity (Wildman–Crippen MR) is 179 cm³/mol. The lowest BCUT2D eigenvalue weighted by molar-refractivity contribution is -0.149. The van der Waals surface area contributed by atoms with E-state index in [0.717, 1.165) is 24.1 Å². The Balaban J connectivity index is 1.29. The average Bonchev–Trinajstić information content (AvgIpc) is 3.70. The second-order valence-electron chi connectivity index (χ2n) is 11.9. The summed E-state index contributed by atoms with van der Waals surface area (Å²) in [5.41, 5.74) is 2.83. The van der Waals surface area contributed by atoms with Crippen LogP contribution in [0.2, 0.25) is 0 Å². The fourth-order valence-corrected chi connectivity index (χ4v) is 6.74. The van der Waals surface area contributed by atoms with E-state index in [4.69, 9.17) is 14.2 Å². The molecule has 47 heavy (non-hydrogen) atoms. The van der Waals surface area contributed by atoms with Crippen LogP contribution >= 0.6 is 0 Å². The standard InChI is InChI=1S/C37H41NO8S/c1-26(2)35(39)45-21-18-38(19-22-46-36(40)27(3)4)32-14-9-28(10-15-32)6-7-29-11-16-33(17-12-29)47(42,43)23-5-20-44-37(41)34-25-30-8-13-31(34)24-30/h8-17,30-31,34H,1,3,5,18-25H2,2,4H3/t30-,31-,34?/m1/s1. The largest absolute Gasteiger partial charge is 0.465 e. The van der Waals surface area contributed by atoms with E-state index < -0.39 is 21.8 Å². The van der Waals surface area contributed by atoms with E-state index >= 15 is 0 Å². The minimum absolute atomic E-state index is 0.0840. The molecular formula is C37H41NO8S. The lowest BCUT2D eigenvalue weighted by Crippen LogP contribution is -2.32. The molecule has 1 fully saturated rings. The third-order valence-corrected chi connectivity index (χ3v) is 9.88. The lowest BCUT2D eigenvalue weighted by Gasteiger charge is -2.24. The number of sulfone groups is 1. The summed E-state index contributed by atoms with van der Waals surface area (Å²) in [5.74, 6) is 5.48. The van der Waals surface area contributed by atoms with E-state index in [1.165, 1.54) is 12.1 Å². The Hall–Kier alpha value is -4.62. The summed E-state index contributed by atoms with van der Waals surface area (Å²) >= 11 is 0. The van der Waals surface area contributed by atoms with Crippen LogP contribution in [0.1, 0.15) is 44.2 Å². The Morgan fingerprint density at radius 2 is 1.34 bits per heavy atom. The molecule has 0 N–H and O–H groups in total. The molecule has 0 heterocycles. The van der Waals surface area contributed by atoms with Gasteiger partial charge in [-0.15, -0.1) is 0 Å². The number of hydrogen-bond acceptors (Lipinski definition) is 9. The van der Waals surface area contributed by atoms with Crippen LogP contribution < -0.4 is 4.90 Å². The van der Waals surface area contributed by atoms with Crippen molar-refractivity contribution >= 4 is 33.4 Å². The van der Waals surface area contributed by atoms with Gasteiger partial charge in [-0.3, -0.25) is 4.79 Å². The van der Waals surface area contributed by atoms with Crippen molar-refractivity contribution in [3.05, 3.63) is 96.1 Å². The molecule has 248 valence electrons. The minimum Gasteiger partial charge on any atom is -0.465 e. The highest BCUT2D eigenvalue weighted by Gasteiger charge is 2.40. The van der Waals surface area contributed by atoms with Gasteiger partial charge in [0.25, 0.3) is 0 Å². The molecule has 0 saturated heterocycles. The van der Waals surface area contributed by atoms with Gasteiger partial charge in [-0.1, -0.05) is 37.2 Å². The summed E-state index contributed by atoms with van der Waals surface area (Å²) in [7, 11) is -3.53. The molecule has 2 aliphatic rings. The molecule has 0 aromatic heterocycles. The highest BCUT2D eigenvalue weighted by molar-refractivity contribution is 7.91. The summed E-state index contributed by atoms with van der Waals surface area (Å²) in [5, 5.41) is 0. The van der Waals surface area contributed by atoms with Gasteiger partial charge in [0, 0.05) is 28.0 Å². The molecule has 2 aromatic carbocycles. The fourth-order valence-electron chi connectivity index (χ4n) is 5.46. The average molecular weight is 660 g/mol. The monoisotopic (exact) mass is 659 g/mol. The zero-order valence-electron chi connectivity index (χ0n) is 26.9. The van der Waals surface area contributed by atoms with Gasteiger partial charge in [0.1, 0.15) is 13.2 Å². The summed E-state index contributed by atoms with van der Waals surface area (Å²) in [6.45, 7) is 11.4. The van der Waals surface area contributed by atoms with E-state index in [1.54, 1.807) is 26.0 Å². The van der Waals surface area contributed by atoms with Crippen molar-refractivity contribution in [1.82, 2.24) is 0 Å². The van der Waals surface area contributed by atoms with Gasteiger partial charge in [-0.05, 0) is 93.5 Å². The minimum atomic E-state index is -3.53. The molecule has 3 atom stereocenters. The maximum atomic E-state index is 12.8. The number of carbonyl (C=O) groups is 3. The van der Waals surface area contributed by atoms with Gasteiger partial charge in [-0.25, -0.2) is 18.0 Å². The van der Waals surface area contributed by atoms with E-state index in [-0.39, 0.29) is 54.7 Å². The quantitative estimate of drug-likeness (QED) is 0.0647. The molecule has 0 spiro atoms. The van der Waals surface area contributed by atoms with Crippen LogP contribution in [0, 0.1) is 29.6 Å². The smallest absolute Gasteiger partial charge is 0.333 e. The zero-order chi connectivity index (χ0) is 34.0. The number of fused-ring (bicyclic) bond motifs is 2. The number of allylic oxidation sites excluding steroid dienone is 2. The molecule has 0 radical (unpaired) electrons. The maximum Gasteiger partial charge on any atom is 0.333 e. The number of hydrogen-bond donors (Lipinski definition) is 0. The summed E-state index contributed by atoms with van der Waals surface area (Å²) in [6, 6.07) is 13.8. The molecule has 2 bridgehead atoms. The highest BCUT2D eigenvalue weighted by Crippen LogP contribution is 2.43. The van der Waals surface area contributed by atoms with Crippen LogP contribution in [0.4, 0.5) is 5.69 Å². The SMILES string of the molecule is C=C(C)C(=O)OCCN(CCOC(=O)C(=C)C)c1ccc(C#Cc2ccc(S(=O)(=O)CCCOC(=O)C3C[C@@H]4C=C[C@@H]3C4)cc2)cc1.